The monoisotopic (exact) mass is 278 g/mol. The summed E-state index contributed by atoms with van der Waals surface area (Å²) in [5, 5.41) is 2.73. The van der Waals surface area contributed by atoms with Gasteiger partial charge in [0.25, 0.3) is 0 Å². The number of aromatic nitrogens is 2. The highest BCUT2D eigenvalue weighted by molar-refractivity contribution is 7.13. The van der Waals surface area contributed by atoms with Crippen molar-refractivity contribution >= 4 is 22.9 Å². The SMILES string of the molecule is Cc1ccsc1-c1nc(Cl)c2c(n1)CCCCC2. The lowest BCUT2D eigenvalue weighted by atomic mass is 10.1. The number of hydrogen-bond donors (Lipinski definition) is 0. The molecular weight excluding hydrogens is 264 g/mol. The van der Waals surface area contributed by atoms with Crippen molar-refractivity contribution in [1.82, 2.24) is 9.97 Å². The first-order valence-electron chi connectivity index (χ1n) is 6.35. The Morgan fingerprint density at radius 2 is 2.00 bits per heavy atom. The zero-order valence-corrected chi connectivity index (χ0v) is 11.9. The minimum absolute atomic E-state index is 0.657. The summed E-state index contributed by atoms with van der Waals surface area (Å²) >= 11 is 8.03. The van der Waals surface area contributed by atoms with Crippen LogP contribution in [0.5, 0.6) is 0 Å². The highest BCUT2D eigenvalue weighted by Gasteiger charge is 2.17. The Kier molecular flexibility index (Phi) is 3.35. The number of fused-ring (bicyclic) bond motifs is 1. The molecule has 0 atom stereocenters. The van der Waals surface area contributed by atoms with E-state index in [-0.39, 0.29) is 0 Å². The summed E-state index contributed by atoms with van der Waals surface area (Å²) in [7, 11) is 0. The average Bonchev–Trinajstić information content (AvgIpc) is 2.63. The van der Waals surface area contributed by atoms with Crippen LogP contribution in [0.1, 0.15) is 36.1 Å². The summed E-state index contributed by atoms with van der Waals surface area (Å²) in [6.45, 7) is 2.09. The highest BCUT2D eigenvalue weighted by atomic mass is 35.5. The molecule has 0 aromatic carbocycles. The molecule has 0 N–H and O–H groups in total. The van der Waals surface area contributed by atoms with Gasteiger partial charge in [-0.25, -0.2) is 9.97 Å². The van der Waals surface area contributed by atoms with Crippen molar-refractivity contribution in [2.75, 3.05) is 0 Å². The van der Waals surface area contributed by atoms with Gasteiger partial charge in [-0.3, -0.25) is 0 Å². The molecule has 2 aromatic heterocycles. The Hall–Kier alpha value is -0.930. The van der Waals surface area contributed by atoms with Crippen LogP contribution in [0.4, 0.5) is 0 Å². The maximum atomic E-state index is 6.34. The molecule has 0 fully saturated rings. The number of aryl methyl sites for hydroxylation is 2. The van der Waals surface area contributed by atoms with E-state index in [0.717, 1.165) is 29.2 Å². The third-order valence-electron chi connectivity index (χ3n) is 3.45. The maximum absolute atomic E-state index is 6.34. The molecule has 0 aliphatic heterocycles. The Bertz CT molecular complexity index is 577. The van der Waals surface area contributed by atoms with Gasteiger partial charge in [-0.1, -0.05) is 18.0 Å². The molecule has 0 radical (unpaired) electrons. The van der Waals surface area contributed by atoms with Crippen LogP contribution in [0.25, 0.3) is 10.7 Å². The van der Waals surface area contributed by atoms with Crippen LogP contribution in [0, 0.1) is 6.92 Å². The van der Waals surface area contributed by atoms with E-state index >= 15 is 0 Å². The van der Waals surface area contributed by atoms with Crippen LogP contribution in [0.3, 0.4) is 0 Å². The van der Waals surface area contributed by atoms with E-state index < -0.39 is 0 Å². The molecule has 0 bridgehead atoms. The minimum atomic E-state index is 0.657. The molecule has 2 aromatic rings. The van der Waals surface area contributed by atoms with Crippen molar-refractivity contribution in [3.05, 3.63) is 33.4 Å². The van der Waals surface area contributed by atoms with Gasteiger partial charge in [0.1, 0.15) is 5.15 Å². The van der Waals surface area contributed by atoms with Gasteiger partial charge in [0, 0.05) is 11.3 Å². The molecule has 3 rings (SSSR count). The molecule has 0 saturated carbocycles. The summed E-state index contributed by atoms with van der Waals surface area (Å²) in [4.78, 5) is 10.4. The second-order valence-corrected chi connectivity index (χ2v) is 6.03. The van der Waals surface area contributed by atoms with E-state index in [0.29, 0.717) is 5.15 Å². The number of rotatable bonds is 1. The van der Waals surface area contributed by atoms with E-state index in [1.165, 1.54) is 30.4 Å². The first kappa shape index (κ1) is 12.1. The van der Waals surface area contributed by atoms with Crippen LogP contribution in [0.2, 0.25) is 5.15 Å². The lowest BCUT2D eigenvalue weighted by molar-refractivity contribution is 0.709. The van der Waals surface area contributed by atoms with Crippen molar-refractivity contribution in [2.24, 2.45) is 0 Å². The second kappa shape index (κ2) is 4.98. The Labute approximate surface area is 116 Å². The molecule has 2 nitrogen and oxygen atoms in total. The molecule has 0 spiro atoms. The van der Waals surface area contributed by atoms with Crippen LogP contribution in [-0.4, -0.2) is 9.97 Å². The van der Waals surface area contributed by atoms with Gasteiger partial charge in [0.15, 0.2) is 5.82 Å². The van der Waals surface area contributed by atoms with Gasteiger partial charge in [0.05, 0.1) is 4.88 Å². The zero-order chi connectivity index (χ0) is 12.5. The van der Waals surface area contributed by atoms with Crippen molar-refractivity contribution in [3.63, 3.8) is 0 Å². The average molecular weight is 279 g/mol. The summed E-state index contributed by atoms with van der Waals surface area (Å²) < 4.78 is 0. The fourth-order valence-electron chi connectivity index (χ4n) is 2.43. The highest BCUT2D eigenvalue weighted by Crippen LogP contribution is 2.31. The largest absolute Gasteiger partial charge is 0.232 e. The van der Waals surface area contributed by atoms with Crippen molar-refractivity contribution in [3.8, 4) is 10.7 Å². The standard InChI is InChI=1S/C14H15ClN2S/c1-9-7-8-18-12(9)14-16-11-6-4-2-3-5-10(11)13(15)17-14/h7-8H,2-6H2,1H3. The van der Waals surface area contributed by atoms with Crippen LogP contribution in [-0.2, 0) is 12.8 Å². The third-order valence-corrected chi connectivity index (χ3v) is 4.77. The summed E-state index contributed by atoms with van der Waals surface area (Å²) in [5.74, 6) is 0.799. The molecule has 0 saturated heterocycles. The topological polar surface area (TPSA) is 25.8 Å². The van der Waals surface area contributed by atoms with E-state index in [9.17, 15) is 0 Å². The van der Waals surface area contributed by atoms with Crippen LogP contribution in [0.15, 0.2) is 11.4 Å². The van der Waals surface area contributed by atoms with E-state index in [1.54, 1.807) is 11.3 Å². The number of halogens is 1. The molecular formula is C14H15ClN2S. The predicted octanol–water partition coefficient (Wildman–Crippen LogP) is 4.44. The summed E-state index contributed by atoms with van der Waals surface area (Å²) in [6, 6.07) is 2.10. The number of nitrogens with zero attached hydrogens (tertiary/aromatic N) is 2. The van der Waals surface area contributed by atoms with Crippen molar-refractivity contribution in [2.45, 2.75) is 39.0 Å². The Morgan fingerprint density at radius 3 is 2.78 bits per heavy atom. The first-order chi connectivity index (χ1) is 8.75. The lowest BCUT2D eigenvalue weighted by Gasteiger charge is -2.09. The van der Waals surface area contributed by atoms with Gasteiger partial charge >= 0.3 is 0 Å². The van der Waals surface area contributed by atoms with Gasteiger partial charge < -0.3 is 0 Å². The van der Waals surface area contributed by atoms with Gasteiger partial charge in [0.2, 0.25) is 0 Å². The lowest BCUT2D eigenvalue weighted by Crippen LogP contribution is -2.01. The van der Waals surface area contributed by atoms with E-state index in [4.69, 9.17) is 16.6 Å². The second-order valence-electron chi connectivity index (χ2n) is 4.76. The van der Waals surface area contributed by atoms with Gasteiger partial charge in [-0.2, -0.15) is 0 Å². The number of hydrogen-bond acceptors (Lipinski definition) is 3. The van der Waals surface area contributed by atoms with Gasteiger partial charge in [-0.15, -0.1) is 11.3 Å². The maximum Gasteiger partial charge on any atom is 0.171 e. The van der Waals surface area contributed by atoms with Crippen molar-refractivity contribution < 1.29 is 0 Å². The van der Waals surface area contributed by atoms with Crippen LogP contribution >= 0.6 is 22.9 Å². The molecule has 2 heterocycles. The van der Waals surface area contributed by atoms with Crippen molar-refractivity contribution in [1.29, 1.82) is 0 Å². The summed E-state index contributed by atoms with van der Waals surface area (Å²) in [6.07, 6.45) is 5.74. The van der Waals surface area contributed by atoms with Gasteiger partial charge in [-0.05, 0) is 49.6 Å². The fraction of sp³-hybridized carbons (Fsp3) is 0.429. The fourth-order valence-corrected chi connectivity index (χ4v) is 3.57. The molecule has 94 valence electrons. The molecule has 4 heteroatoms. The molecule has 0 unspecified atom stereocenters. The predicted molar refractivity (Wildman–Crippen MR) is 76.4 cm³/mol. The quantitative estimate of drug-likeness (QED) is 0.569. The summed E-state index contributed by atoms with van der Waals surface area (Å²) in [5.41, 5.74) is 3.56. The van der Waals surface area contributed by atoms with Crippen LogP contribution < -0.4 is 0 Å². The normalized spacial score (nSPS) is 15.2. The Morgan fingerprint density at radius 1 is 1.17 bits per heavy atom. The zero-order valence-electron chi connectivity index (χ0n) is 10.4. The molecule has 1 aliphatic rings. The van der Waals surface area contributed by atoms with E-state index in [2.05, 4.69) is 23.4 Å². The van der Waals surface area contributed by atoms with E-state index in [1.807, 2.05) is 0 Å². The minimum Gasteiger partial charge on any atom is -0.232 e. The molecule has 1 aliphatic carbocycles. The molecule has 0 amide bonds. The smallest absolute Gasteiger partial charge is 0.171 e. The third kappa shape index (κ3) is 2.17. The first-order valence-corrected chi connectivity index (χ1v) is 7.61. The Balaban J connectivity index is 2.11. The number of thiophene rings is 1. The molecule has 18 heavy (non-hydrogen) atoms.